The van der Waals surface area contributed by atoms with Crippen molar-refractivity contribution in [2.75, 3.05) is 16.2 Å². The number of hydrogen-bond acceptors (Lipinski definition) is 12. The van der Waals surface area contributed by atoms with E-state index in [4.69, 9.17) is 11.5 Å². The Bertz CT molecular complexity index is 1470. The quantitative estimate of drug-likeness (QED) is 0.300. The third-order valence-electron chi connectivity index (χ3n) is 4.24. The molecule has 0 aliphatic rings. The molecule has 14 heteroatoms. The molecule has 5 N–H and O–H groups in total. The Morgan fingerprint density at radius 2 is 1.41 bits per heavy atom. The molecule has 0 saturated heterocycles. The molecule has 34 heavy (non-hydrogen) atoms. The summed E-state index contributed by atoms with van der Waals surface area (Å²) in [5, 5.41) is 24.8. The summed E-state index contributed by atoms with van der Waals surface area (Å²) in [4.78, 5) is 4.08. The van der Waals surface area contributed by atoms with Crippen LogP contribution in [0.5, 0.6) is 0 Å². The topological polar surface area (TPSA) is 186 Å². The number of azo groups is 2. The van der Waals surface area contributed by atoms with Crippen molar-refractivity contribution < 1.29 is 8.42 Å². The number of pyridine rings is 1. The molecule has 0 aliphatic heterocycles. The number of hydrogen-bond donors (Lipinski definition) is 3. The van der Waals surface area contributed by atoms with Gasteiger partial charge in [0.15, 0.2) is 11.6 Å². The molecule has 4 aromatic rings. The second-order valence-electron chi connectivity index (χ2n) is 6.76. The minimum Gasteiger partial charge on any atom is -0.382 e. The molecule has 0 spiro atoms. The van der Waals surface area contributed by atoms with Gasteiger partial charge in [-0.2, -0.15) is 10.2 Å². The Balaban J connectivity index is 1.51. The zero-order valence-electron chi connectivity index (χ0n) is 17.7. The average molecular weight is 495 g/mol. The first-order valence-electron chi connectivity index (χ1n) is 9.68. The second-order valence-corrected chi connectivity index (χ2v) is 9.62. The molecule has 0 radical (unpaired) electrons. The van der Waals surface area contributed by atoms with E-state index in [1.807, 2.05) is 18.2 Å². The summed E-state index contributed by atoms with van der Waals surface area (Å²) in [5.41, 5.74) is 13.4. The van der Waals surface area contributed by atoms with Gasteiger partial charge in [-0.25, -0.2) is 13.4 Å². The molecule has 0 saturated carbocycles. The maximum Gasteiger partial charge on any atom is 0.263 e. The number of nitrogens with zero attached hydrogens (tertiary/aromatic N) is 7. The number of anilines is 3. The molecular weight excluding hydrogens is 476 g/mol. The van der Waals surface area contributed by atoms with Crippen LogP contribution in [-0.4, -0.2) is 23.6 Å². The minimum atomic E-state index is -3.81. The van der Waals surface area contributed by atoms with E-state index in [1.165, 1.54) is 30.3 Å². The number of aryl methyl sites for hydroxylation is 1. The maximum absolute atomic E-state index is 12.5. The first-order chi connectivity index (χ1) is 16.3. The molecule has 12 nitrogen and oxygen atoms in total. The first kappa shape index (κ1) is 22.9. The largest absolute Gasteiger partial charge is 0.382 e. The molecule has 0 fully saturated rings. The highest BCUT2D eigenvalue weighted by Gasteiger charge is 2.16. The highest BCUT2D eigenvalue weighted by Crippen LogP contribution is 2.32. The zero-order chi connectivity index (χ0) is 24.1. The van der Waals surface area contributed by atoms with E-state index in [-0.39, 0.29) is 33.0 Å². The average Bonchev–Trinajstić information content (AvgIpc) is 3.22. The molecule has 0 atom stereocenters. The van der Waals surface area contributed by atoms with Crippen LogP contribution in [0.2, 0.25) is 0 Å². The minimum absolute atomic E-state index is 0.0385. The van der Waals surface area contributed by atoms with Crippen molar-refractivity contribution in [2.24, 2.45) is 20.5 Å². The van der Waals surface area contributed by atoms with Crippen LogP contribution in [0.1, 0.15) is 5.01 Å². The number of sulfonamides is 1. The Kier molecular flexibility index (Phi) is 6.51. The van der Waals surface area contributed by atoms with Crippen LogP contribution >= 0.6 is 11.3 Å². The lowest BCUT2D eigenvalue weighted by Gasteiger charge is -2.05. The van der Waals surface area contributed by atoms with Crippen LogP contribution < -0.4 is 16.2 Å². The van der Waals surface area contributed by atoms with Gasteiger partial charge in [-0.15, -0.1) is 20.4 Å². The second kappa shape index (κ2) is 9.68. The van der Waals surface area contributed by atoms with Gasteiger partial charge in [0.05, 0.1) is 16.3 Å². The van der Waals surface area contributed by atoms with E-state index < -0.39 is 10.0 Å². The van der Waals surface area contributed by atoms with Gasteiger partial charge in [-0.1, -0.05) is 29.5 Å². The maximum atomic E-state index is 12.5. The number of benzene rings is 2. The van der Waals surface area contributed by atoms with Gasteiger partial charge < -0.3 is 11.5 Å². The fourth-order valence-corrected chi connectivity index (χ4v) is 4.43. The van der Waals surface area contributed by atoms with Gasteiger partial charge >= 0.3 is 0 Å². The molecule has 0 unspecified atom stereocenters. The van der Waals surface area contributed by atoms with Crippen molar-refractivity contribution in [1.29, 1.82) is 0 Å². The van der Waals surface area contributed by atoms with Crippen molar-refractivity contribution in [3.05, 3.63) is 65.7 Å². The number of aromatic nitrogens is 3. The summed E-state index contributed by atoms with van der Waals surface area (Å²) < 4.78 is 27.4. The summed E-state index contributed by atoms with van der Waals surface area (Å²) >= 11 is 1.14. The Hall–Kier alpha value is -4.30. The summed E-state index contributed by atoms with van der Waals surface area (Å²) in [6.07, 6.45) is 0. The van der Waals surface area contributed by atoms with Gasteiger partial charge in [-0.05, 0) is 43.3 Å². The SMILES string of the molecule is Cc1nnc(NS(=O)(=O)c2ccc(N=Nc3cc(N=Nc4ccccc4)c(N)nc3N)cc2)s1. The monoisotopic (exact) mass is 494 g/mol. The number of nitrogens with one attached hydrogen (secondary N) is 1. The van der Waals surface area contributed by atoms with Gasteiger partial charge in [0.25, 0.3) is 10.0 Å². The van der Waals surface area contributed by atoms with Crippen molar-refractivity contribution in [3.8, 4) is 0 Å². The van der Waals surface area contributed by atoms with E-state index in [0.29, 0.717) is 16.4 Å². The van der Waals surface area contributed by atoms with Crippen molar-refractivity contribution in [2.45, 2.75) is 11.8 Å². The smallest absolute Gasteiger partial charge is 0.263 e. The van der Waals surface area contributed by atoms with Crippen LogP contribution in [0, 0.1) is 6.92 Å². The van der Waals surface area contributed by atoms with E-state index in [0.717, 1.165) is 11.3 Å². The van der Waals surface area contributed by atoms with Crippen molar-refractivity contribution in [1.82, 2.24) is 15.2 Å². The van der Waals surface area contributed by atoms with Gasteiger partial charge in [0.2, 0.25) is 5.13 Å². The summed E-state index contributed by atoms with van der Waals surface area (Å²) in [6.45, 7) is 1.73. The van der Waals surface area contributed by atoms with Gasteiger partial charge in [-0.3, -0.25) is 4.72 Å². The molecule has 2 aromatic heterocycles. The lowest BCUT2D eigenvalue weighted by Crippen LogP contribution is -2.12. The molecule has 0 amide bonds. The summed E-state index contributed by atoms with van der Waals surface area (Å²) in [5.74, 6) is 0.166. The number of nitrogens with two attached hydrogens (primary N) is 2. The molecule has 2 heterocycles. The van der Waals surface area contributed by atoms with Crippen molar-refractivity contribution in [3.63, 3.8) is 0 Å². The number of nitrogen functional groups attached to an aromatic ring is 2. The lowest BCUT2D eigenvalue weighted by molar-refractivity contribution is 0.601. The van der Waals surface area contributed by atoms with E-state index in [9.17, 15) is 8.42 Å². The predicted octanol–water partition coefficient (Wildman–Crippen LogP) is 5.04. The molecular formula is C20H18N10O2S2. The van der Waals surface area contributed by atoms with Gasteiger partial charge in [0, 0.05) is 6.07 Å². The predicted molar refractivity (Wildman–Crippen MR) is 130 cm³/mol. The third-order valence-corrected chi connectivity index (χ3v) is 6.47. The normalized spacial score (nSPS) is 11.9. The molecule has 2 aromatic carbocycles. The standard InChI is InChI=1S/C20H18N10O2S2/c1-12-24-29-20(33-12)30-34(31,32)15-9-7-14(8-10-15)26-28-17-11-16(18(21)23-19(17)22)27-25-13-5-3-2-4-6-13/h2-11H,1H3,(H,29,30)(H4,21,22,23). The highest BCUT2D eigenvalue weighted by atomic mass is 32.2. The molecule has 0 aliphatic carbocycles. The first-order valence-corrected chi connectivity index (χ1v) is 12.0. The van der Waals surface area contributed by atoms with Gasteiger partial charge in [0.1, 0.15) is 16.4 Å². The fraction of sp³-hybridized carbons (Fsp3) is 0.0500. The lowest BCUT2D eigenvalue weighted by atomic mass is 10.3. The summed E-state index contributed by atoms with van der Waals surface area (Å²) in [7, 11) is -3.81. The Morgan fingerprint density at radius 3 is 1.97 bits per heavy atom. The van der Waals surface area contributed by atoms with E-state index in [2.05, 4.69) is 40.4 Å². The third kappa shape index (κ3) is 5.54. The fourth-order valence-electron chi connectivity index (χ4n) is 2.60. The Labute approximate surface area is 198 Å². The van der Waals surface area contributed by atoms with Crippen LogP contribution in [0.25, 0.3) is 0 Å². The highest BCUT2D eigenvalue weighted by molar-refractivity contribution is 7.93. The van der Waals surface area contributed by atoms with Crippen LogP contribution in [0.3, 0.4) is 0 Å². The Morgan fingerprint density at radius 1 is 0.824 bits per heavy atom. The van der Waals surface area contributed by atoms with E-state index in [1.54, 1.807) is 19.1 Å². The molecule has 0 bridgehead atoms. The summed E-state index contributed by atoms with van der Waals surface area (Å²) in [6, 6.07) is 16.4. The van der Waals surface area contributed by atoms with Crippen LogP contribution in [0.15, 0.2) is 86.0 Å². The van der Waals surface area contributed by atoms with Crippen LogP contribution in [-0.2, 0) is 10.0 Å². The number of rotatable bonds is 7. The molecule has 172 valence electrons. The zero-order valence-corrected chi connectivity index (χ0v) is 19.3. The van der Waals surface area contributed by atoms with Crippen LogP contribution in [0.4, 0.5) is 39.5 Å². The van der Waals surface area contributed by atoms with E-state index >= 15 is 0 Å². The van der Waals surface area contributed by atoms with Crippen molar-refractivity contribution >= 4 is 60.9 Å². The molecule has 4 rings (SSSR count).